The molecule has 0 fully saturated rings. The minimum absolute atomic E-state index is 0.504. The van der Waals surface area contributed by atoms with E-state index >= 15 is 0 Å². The Morgan fingerprint density at radius 2 is 2.26 bits per heavy atom. The predicted molar refractivity (Wildman–Crippen MR) is 86.9 cm³/mol. The van der Waals surface area contributed by atoms with E-state index in [4.69, 9.17) is 17.0 Å². The molecule has 4 nitrogen and oxygen atoms in total. The Labute approximate surface area is 127 Å². The summed E-state index contributed by atoms with van der Waals surface area (Å²) in [4.78, 5) is 0. The van der Waals surface area contributed by atoms with Crippen molar-refractivity contribution in [3.63, 3.8) is 0 Å². The van der Waals surface area contributed by atoms with E-state index in [1.54, 1.807) is 6.21 Å². The maximum Gasteiger partial charge on any atom is 0.186 e. The summed E-state index contributed by atoms with van der Waals surface area (Å²) in [5, 5.41) is 7.55. The molecule has 0 aliphatic heterocycles. The van der Waals surface area contributed by atoms with Crippen LogP contribution in [0.5, 0.6) is 5.75 Å². The van der Waals surface area contributed by atoms with Crippen LogP contribution in [0.25, 0.3) is 0 Å². The number of thiocarbonyl (C=S) groups is 1. The third-order valence-corrected chi connectivity index (χ3v) is 2.87. The van der Waals surface area contributed by atoms with Gasteiger partial charge in [0.2, 0.25) is 0 Å². The molecular weight excluding hydrogens is 326 g/mol. The fourth-order valence-electron chi connectivity index (χ4n) is 1.32. The molecule has 1 aromatic rings. The first kappa shape index (κ1) is 15.9. The summed E-state index contributed by atoms with van der Waals surface area (Å²) in [7, 11) is 0. The Morgan fingerprint density at radius 3 is 2.95 bits per heavy atom. The molecule has 0 atom stereocenters. The third kappa shape index (κ3) is 6.02. The number of ether oxygens (including phenoxy) is 1. The molecule has 0 radical (unpaired) electrons. The standard InChI is InChI=1S/C13H18BrN3OS/c1-3-7-18-12-6-5-11(14)8-10(12)9-16-17-13(19)15-4-2/h5-6,8-9H,3-4,7H2,1-2H3,(H2,15,17,19)/b16-9-. The monoisotopic (exact) mass is 343 g/mol. The normalized spacial score (nSPS) is 10.5. The van der Waals surface area contributed by atoms with Crippen molar-refractivity contribution in [2.75, 3.05) is 13.2 Å². The highest BCUT2D eigenvalue weighted by Crippen LogP contribution is 2.21. The number of halogens is 1. The van der Waals surface area contributed by atoms with Crippen LogP contribution in [-0.4, -0.2) is 24.5 Å². The van der Waals surface area contributed by atoms with Gasteiger partial charge in [-0.15, -0.1) is 0 Å². The van der Waals surface area contributed by atoms with E-state index in [0.717, 1.165) is 28.8 Å². The Balaban J connectivity index is 2.71. The third-order valence-electron chi connectivity index (χ3n) is 2.14. The molecule has 0 saturated heterocycles. The molecule has 0 heterocycles. The van der Waals surface area contributed by atoms with Gasteiger partial charge in [0.05, 0.1) is 12.8 Å². The zero-order chi connectivity index (χ0) is 14.1. The Kier molecular flexibility index (Phi) is 7.43. The lowest BCUT2D eigenvalue weighted by molar-refractivity contribution is 0.317. The van der Waals surface area contributed by atoms with Crippen LogP contribution >= 0.6 is 28.1 Å². The SMILES string of the molecule is CCCOc1ccc(Br)cc1/C=N\NC(=S)NCC. The van der Waals surface area contributed by atoms with Gasteiger partial charge in [0.25, 0.3) is 0 Å². The molecule has 0 aliphatic carbocycles. The van der Waals surface area contributed by atoms with Gasteiger partial charge in [-0.05, 0) is 43.8 Å². The van der Waals surface area contributed by atoms with E-state index in [1.807, 2.05) is 25.1 Å². The van der Waals surface area contributed by atoms with E-state index < -0.39 is 0 Å². The largest absolute Gasteiger partial charge is 0.493 e. The Bertz CT molecular complexity index is 452. The second-order valence-electron chi connectivity index (χ2n) is 3.76. The number of hydrogen-bond donors (Lipinski definition) is 2. The second kappa shape index (κ2) is 8.87. The summed E-state index contributed by atoms with van der Waals surface area (Å²) in [6, 6.07) is 5.81. The summed E-state index contributed by atoms with van der Waals surface area (Å²) < 4.78 is 6.64. The smallest absolute Gasteiger partial charge is 0.186 e. The van der Waals surface area contributed by atoms with Gasteiger partial charge in [0, 0.05) is 16.6 Å². The maximum absolute atomic E-state index is 5.66. The summed E-state index contributed by atoms with van der Waals surface area (Å²) in [6.07, 6.45) is 2.66. The molecule has 0 saturated carbocycles. The highest BCUT2D eigenvalue weighted by molar-refractivity contribution is 9.10. The number of nitrogens with one attached hydrogen (secondary N) is 2. The van der Waals surface area contributed by atoms with Crippen LogP contribution in [0.1, 0.15) is 25.8 Å². The van der Waals surface area contributed by atoms with Gasteiger partial charge in [-0.25, -0.2) is 0 Å². The molecule has 0 aliphatic rings. The van der Waals surface area contributed by atoms with Crippen LogP contribution in [0.15, 0.2) is 27.8 Å². The summed E-state index contributed by atoms with van der Waals surface area (Å²) in [6.45, 7) is 5.50. The van der Waals surface area contributed by atoms with Crippen molar-refractivity contribution < 1.29 is 4.74 Å². The van der Waals surface area contributed by atoms with Gasteiger partial charge >= 0.3 is 0 Å². The van der Waals surface area contributed by atoms with Gasteiger partial charge in [0.1, 0.15) is 5.75 Å². The molecular formula is C13H18BrN3OS. The fraction of sp³-hybridized carbons (Fsp3) is 0.385. The van der Waals surface area contributed by atoms with Gasteiger partial charge in [-0.1, -0.05) is 22.9 Å². The van der Waals surface area contributed by atoms with E-state index in [9.17, 15) is 0 Å². The van der Waals surface area contributed by atoms with Crippen molar-refractivity contribution in [3.8, 4) is 5.75 Å². The average molecular weight is 344 g/mol. The van der Waals surface area contributed by atoms with E-state index in [2.05, 4.69) is 38.7 Å². The highest BCUT2D eigenvalue weighted by atomic mass is 79.9. The average Bonchev–Trinajstić information content (AvgIpc) is 2.38. The minimum atomic E-state index is 0.504. The molecule has 1 aromatic carbocycles. The fourth-order valence-corrected chi connectivity index (χ4v) is 1.90. The topological polar surface area (TPSA) is 45.6 Å². The maximum atomic E-state index is 5.66. The molecule has 19 heavy (non-hydrogen) atoms. The van der Waals surface area contributed by atoms with Crippen LogP contribution in [0.2, 0.25) is 0 Å². The van der Waals surface area contributed by atoms with Gasteiger partial charge < -0.3 is 10.1 Å². The summed E-state index contributed by atoms with van der Waals surface area (Å²) in [5.41, 5.74) is 3.65. The molecule has 0 amide bonds. The van der Waals surface area contributed by atoms with Gasteiger partial charge in [-0.2, -0.15) is 5.10 Å². The zero-order valence-electron chi connectivity index (χ0n) is 11.1. The molecule has 0 unspecified atom stereocenters. The Morgan fingerprint density at radius 1 is 1.47 bits per heavy atom. The highest BCUT2D eigenvalue weighted by Gasteiger charge is 2.02. The van der Waals surface area contributed by atoms with Crippen molar-refractivity contribution >= 4 is 39.5 Å². The van der Waals surface area contributed by atoms with E-state index in [-0.39, 0.29) is 0 Å². The molecule has 104 valence electrons. The number of benzene rings is 1. The molecule has 2 N–H and O–H groups in total. The minimum Gasteiger partial charge on any atom is -0.493 e. The Hall–Kier alpha value is -1.14. The van der Waals surface area contributed by atoms with Crippen molar-refractivity contribution in [1.29, 1.82) is 0 Å². The van der Waals surface area contributed by atoms with Crippen molar-refractivity contribution in [2.24, 2.45) is 5.10 Å². The summed E-state index contributed by atoms with van der Waals surface area (Å²) in [5.74, 6) is 0.810. The van der Waals surface area contributed by atoms with E-state index in [0.29, 0.717) is 11.7 Å². The molecule has 0 bridgehead atoms. The quantitative estimate of drug-likeness (QED) is 0.473. The summed E-state index contributed by atoms with van der Waals surface area (Å²) >= 11 is 8.46. The molecule has 0 spiro atoms. The van der Waals surface area contributed by atoms with Gasteiger partial charge in [0.15, 0.2) is 5.11 Å². The number of nitrogens with zero attached hydrogens (tertiary/aromatic N) is 1. The zero-order valence-corrected chi connectivity index (χ0v) is 13.5. The van der Waals surface area contributed by atoms with Crippen LogP contribution in [0.4, 0.5) is 0 Å². The first-order valence-electron chi connectivity index (χ1n) is 6.16. The van der Waals surface area contributed by atoms with Crippen LogP contribution in [0, 0.1) is 0 Å². The lowest BCUT2D eigenvalue weighted by Gasteiger charge is -2.08. The second-order valence-corrected chi connectivity index (χ2v) is 5.08. The van der Waals surface area contributed by atoms with Gasteiger partial charge in [-0.3, -0.25) is 5.43 Å². The van der Waals surface area contributed by atoms with E-state index in [1.165, 1.54) is 0 Å². The van der Waals surface area contributed by atoms with Crippen molar-refractivity contribution in [3.05, 3.63) is 28.2 Å². The number of hydrazone groups is 1. The number of hydrogen-bond acceptors (Lipinski definition) is 3. The first-order valence-corrected chi connectivity index (χ1v) is 7.36. The predicted octanol–water partition coefficient (Wildman–Crippen LogP) is 3.06. The lowest BCUT2D eigenvalue weighted by atomic mass is 10.2. The lowest BCUT2D eigenvalue weighted by Crippen LogP contribution is -2.31. The number of rotatable bonds is 6. The molecule has 0 aromatic heterocycles. The van der Waals surface area contributed by atoms with Crippen molar-refractivity contribution in [1.82, 2.24) is 10.7 Å². The molecule has 1 rings (SSSR count). The van der Waals surface area contributed by atoms with Crippen molar-refractivity contribution in [2.45, 2.75) is 20.3 Å². The molecule has 6 heteroatoms. The van der Waals surface area contributed by atoms with Crippen LogP contribution in [-0.2, 0) is 0 Å². The van der Waals surface area contributed by atoms with Crippen LogP contribution < -0.4 is 15.5 Å². The van der Waals surface area contributed by atoms with Crippen LogP contribution in [0.3, 0.4) is 0 Å². The first-order chi connectivity index (χ1) is 9.17.